The van der Waals surface area contributed by atoms with E-state index in [2.05, 4.69) is 4.98 Å². The highest BCUT2D eigenvalue weighted by atomic mass is 35.5. The largest absolute Gasteiger partial charge is 0.454 e. The Morgan fingerprint density at radius 2 is 2.06 bits per heavy atom. The van der Waals surface area contributed by atoms with Crippen molar-refractivity contribution in [3.63, 3.8) is 0 Å². The summed E-state index contributed by atoms with van der Waals surface area (Å²) in [6.07, 6.45) is 5.00. The second-order valence-electron chi connectivity index (χ2n) is 7.21. The number of pyridine rings is 1. The lowest BCUT2D eigenvalue weighted by molar-refractivity contribution is -0.114. The molecule has 1 amide bonds. The van der Waals surface area contributed by atoms with Gasteiger partial charge in [0.2, 0.25) is 6.79 Å². The average Bonchev–Trinajstić information content (AvgIpc) is 3.46. The monoisotopic (exact) mass is 463 g/mol. The van der Waals surface area contributed by atoms with E-state index in [1.54, 1.807) is 17.2 Å². The number of benzene rings is 2. The van der Waals surface area contributed by atoms with Crippen LogP contribution < -0.4 is 14.4 Å². The Bertz CT molecular complexity index is 1340. The highest BCUT2D eigenvalue weighted by molar-refractivity contribution is 7.22. The van der Waals surface area contributed by atoms with Crippen molar-refractivity contribution in [3.8, 4) is 11.5 Å². The number of carbonyl (C=O) groups is 1. The minimum Gasteiger partial charge on any atom is -0.454 e. The predicted octanol–water partition coefficient (Wildman–Crippen LogP) is 5.63. The van der Waals surface area contributed by atoms with Crippen LogP contribution in [0.1, 0.15) is 16.8 Å². The van der Waals surface area contributed by atoms with Gasteiger partial charge in [-0.15, -0.1) is 0 Å². The number of hydrogen-bond acceptors (Lipinski definition) is 6. The fraction of sp³-hybridized carbons (Fsp3) is 0.125. The first-order valence-electron chi connectivity index (χ1n) is 9.93. The molecule has 0 saturated carbocycles. The molecule has 0 radical (unpaired) electrons. The molecule has 0 fully saturated rings. The van der Waals surface area contributed by atoms with E-state index in [-0.39, 0.29) is 12.7 Å². The van der Waals surface area contributed by atoms with Crippen LogP contribution in [-0.4, -0.2) is 22.7 Å². The Hall–Kier alpha value is -3.42. The second kappa shape index (κ2) is 8.61. The van der Waals surface area contributed by atoms with Gasteiger partial charge in [-0.3, -0.25) is 14.7 Å². The molecule has 32 heavy (non-hydrogen) atoms. The maximum Gasteiger partial charge on any atom is 0.253 e. The van der Waals surface area contributed by atoms with Crippen molar-refractivity contribution in [1.29, 1.82) is 0 Å². The van der Waals surface area contributed by atoms with Crippen LogP contribution in [0.15, 0.2) is 60.8 Å². The number of halogens is 1. The number of aromatic nitrogens is 2. The molecule has 0 N–H and O–H groups in total. The summed E-state index contributed by atoms with van der Waals surface area (Å²) in [4.78, 5) is 24.0. The van der Waals surface area contributed by atoms with Crippen LogP contribution >= 0.6 is 22.9 Å². The molecule has 1 aliphatic rings. The Labute approximate surface area is 193 Å². The van der Waals surface area contributed by atoms with E-state index in [0.717, 1.165) is 27.0 Å². The lowest BCUT2D eigenvalue weighted by Crippen LogP contribution is -2.29. The summed E-state index contributed by atoms with van der Waals surface area (Å²) >= 11 is 7.72. The average molecular weight is 464 g/mol. The molecule has 5 rings (SSSR count). The highest BCUT2D eigenvalue weighted by Gasteiger charge is 2.20. The minimum atomic E-state index is -0.198. The molecular formula is C24H18ClN3O3S. The number of nitrogens with zero attached hydrogens (tertiary/aromatic N) is 3. The number of thiazole rings is 1. The van der Waals surface area contributed by atoms with Gasteiger partial charge in [0.05, 0.1) is 22.5 Å². The Morgan fingerprint density at radius 3 is 2.91 bits per heavy atom. The number of anilines is 1. The van der Waals surface area contributed by atoms with Crippen LogP contribution in [0.2, 0.25) is 5.02 Å². The van der Waals surface area contributed by atoms with Gasteiger partial charge in [-0.05, 0) is 60.5 Å². The standard InChI is InChI=1S/C24H18ClN3O3S/c1-15-18(25)7-9-21-23(15)27-24(32-21)28(13-17-4-2-3-11-26-17)22(29)10-6-16-5-8-19-20(12-16)31-14-30-19/h2-12H,13-14H2,1H3/b10-6+. The van der Waals surface area contributed by atoms with E-state index in [4.69, 9.17) is 26.1 Å². The summed E-state index contributed by atoms with van der Waals surface area (Å²) in [5, 5.41) is 1.25. The smallest absolute Gasteiger partial charge is 0.253 e. The Kier molecular flexibility index (Phi) is 5.51. The van der Waals surface area contributed by atoms with E-state index < -0.39 is 0 Å². The Balaban J connectivity index is 1.48. The number of rotatable bonds is 5. The van der Waals surface area contributed by atoms with Crippen molar-refractivity contribution in [2.45, 2.75) is 13.5 Å². The highest BCUT2D eigenvalue weighted by Crippen LogP contribution is 2.35. The van der Waals surface area contributed by atoms with E-state index in [1.165, 1.54) is 17.4 Å². The summed E-state index contributed by atoms with van der Waals surface area (Å²) in [6, 6.07) is 15.0. The van der Waals surface area contributed by atoms with Gasteiger partial charge in [0.15, 0.2) is 16.6 Å². The molecule has 0 aliphatic carbocycles. The molecule has 160 valence electrons. The topological polar surface area (TPSA) is 64.6 Å². The first-order chi connectivity index (χ1) is 15.6. The fourth-order valence-corrected chi connectivity index (χ4v) is 4.55. The molecule has 2 aromatic carbocycles. The van der Waals surface area contributed by atoms with Crippen molar-refractivity contribution >= 4 is 50.3 Å². The zero-order valence-electron chi connectivity index (χ0n) is 17.1. The first-order valence-corrected chi connectivity index (χ1v) is 11.1. The van der Waals surface area contributed by atoms with E-state index in [9.17, 15) is 4.79 Å². The van der Waals surface area contributed by atoms with Gasteiger partial charge in [-0.2, -0.15) is 0 Å². The number of amides is 1. The predicted molar refractivity (Wildman–Crippen MR) is 126 cm³/mol. The lowest BCUT2D eigenvalue weighted by Gasteiger charge is -2.17. The van der Waals surface area contributed by atoms with E-state index >= 15 is 0 Å². The summed E-state index contributed by atoms with van der Waals surface area (Å²) in [5.41, 5.74) is 3.31. The van der Waals surface area contributed by atoms with E-state index in [0.29, 0.717) is 28.2 Å². The quantitative estimate of drug-likeness (QED) is 0.359. The normalized spacial score (nSPS) is 12.6. The van der Waals surface area contributed by atoms with Gasteiger partial charge in [0, 0.05) is 17.3 Å². The van der Waals surface area contributed by atoms with Gasteiger partial charge >= 0.3 is 0 Å². The van der Waals surface area contributed by atoms with Crippen LogP contribution in [0.3, 0.4) is 0 Å². The first kappa shape index (κ1) is 20.5. The summed E-state index contributed by atoms with van der Waals surface area (Å²) in [5.74, 6) is 1.17. The molecule has 0 atom stereocenters. The molecule has 0 saturated heterocycles. The van der Waals surface area contributed by atoms with Crippen LogP contribution in [0.25, 0.3) is 16.3 Å². The number of ether oxygens (including phenoxy) is 2. The van der Waals surface area contributed by atoms with Gasteiger partial charge in [-0.1, -0.05) is 35.1 Å². The molecule has 0 unspecified atom stereocenters. The second-order valence-corrected chi connectivity index (χ2v) is 8.62. The zero-order valence-corrected chi connectivity index (χ0v) is 18.7. The minimum absolute atomic E-state index is 0.198. The molecule has 1 aliphatic heterocycles. The van der Waals surface area contributed by atoms with Crippen LogP contribution in [0.5, 0.6) is 11.5 Å². The molecule has 8 heteroatoms. The van der Waals surface area contributed by atoms with Gasteiger partial charge < -0.3 is 9.47 Å². The van der Waals surface area contributed by atoms with Crippen LogP contribution in [-0.2, 0) is 11.3 Å². The van der Waals surface area contributed by atoms with Crippen molar-refractivity contribution in [2.24, 2.45) is 0 Å². The fourth-order valence-electron chi connectivity index (χ4n) is 3.37. The molecule has 0 spiro atoms. The maximum absolute atomic E-state index is 13.3. The molecular weight excluding hydrogens is 446 g/mol. The number of carbonyl (C=O) groups excluding carboxylic acids is 1. The summed E-state index contributed by atoms with van der Waals surface area (Å²) < 4.78 is 11.7. The maximum atomic E-state index is 13.3. The third kappa shape index (κ3) is 4.04. The van der Waals surface area contributed by atoms with Crippen molar-refractivity contribution in [2.75, 3.05) is 11.7 Å². The van der Waals surface area contributed by atoms with Crippen LogP contribution in [0.4, 0.5) is 5.13 Å². The van der Waals surface area contributed by atoms with Gasteiger partial charge in [0.1, 0.15) is 0 Å². The molecule has 0 bridgehead atoms. The van der Waals surface area contributed by atoms with Crippen molar-refractivity contribution in [3.05, 3.63) is 82.6 Å². The summed E-state index contributed by atoms with van der Waals surface area (Å²) in [6.45, 7) is 2.44. The molecule has 4 aromatic rings. The zero-order chi connectivity index (χ0) is 22.1. The van der Waals surface area contributed by atoms with Crippen molar-refractivity contribution in [1.82, 2.24) is 9.97 Å². The van der Waals surface area contributed by atoms with Crippen LogP contribution in [0, 0.1) is 6.92 Å². The summed E-state index contributed by atoms with van der Waals surface area (Å²) in [7, 11) is 0. The number of hydrogen-bond donors (Lipinski definition) is 0. The van der Waals surface area contributed by atoms with Gasteiger partial charge in [0.25, 0.3) is 5.91 Å². The van der Waals surface area contributed by atoms with E-state index in [1.807, 2.05) is 55.5 Å². The third-order valence-electron chi connectivity index (χ3n) is 5.09. The van der Waals surface area contributed by atoms with Gasteiger partial charge in [-0.25, -0.2) is 4.98 Å². The Morgan fingerprint density at radius 1 is 1.19 bits per heavy atom. The lowest BCUT2D eigenvalue weighted by atomic mass is 10.2. The molecule has 6 nitrogen and oxygen atoms in total. The molecule has 3 heterocycles. The third-order valence-corrected chi connectivity index (χ3v) is 6.55. The molecule has 2 aromatic heterocycles. The van der Waals surface area contributed by atoms with Crippen molar-refractivity contribution < 1.29 is 14.3 Å². The SMILES string of the molecule is Cc1c(Cl)ccc2sc(N(Cc3ccccn3)C(=O)/C=C/c3ccc4c(c3)OCO4)nc12. The number of fused-ring (bicyclic) bond motifs is 2. The number of aryl methyl sites for hydroxylation is 1.